The second-order valence-electron chi connectivity index (χ2n) is 2.91. The summed E-state index contributed by atoms with van der Waals surface area (Å²) in [6.07, 6.45) is 0. The molecule has 0 aliphatic carbocycles. The lowest BCUT2D eigenvalue weighted by molar-refractivity contribution is 0.385. The van der Waals surface area contributed by atoms with Crippen LogP contribution in [0, 0.1) is 0 Å². The standard InChI is InChI=1S/C10H9BrN2O3/c1-14-6-4-3-5-7(15-2)8(6)9-12-10(11)13-16-9/h3-5H,1-2H3. The minimum absolute atomic E-state index is 0.348. The SMILES string of the molecule is COc1cccc(OC)c1-c1nc(Br)no1. The second-order valence-corrected chi connectivity index (χ2v) is 3.62. The van der Waals surface area contributed by atoms with E-state index in [-0.39, 0.29) is 0 Å². The van der Waals surface area contributed by atoms with Crippen molar-refractivity contribution in [2.45, 2.75) is 0 Å². The van der Waals surface area contributed by atoms with E-state index in [4.69, 9.17) is 14.0 Å². The molecule has 0 unspecified atom stereocenters. The van der Waals surface area contributed by atoms with Crippen molar-refractivity contribution < 1.29 is 14.0 Å². The van der Waals surface area contributed by atoms with Gasteiger partial charge in [0.15, 0.2) is 0 Å². The maximum absolute atomic E-state index is 5.23. The van der Waals surface area contributed by atoms with Crippen molar-refractivity contribution in [3.63, 3.8) is 0 Å². The Labute approximate surface area is 100 Å². The fourth-order valence-electron chi connectivity index (χ4n) is 1.37. The van der Waals surface area contributed by atoms with Gasteiger partial charge in [0.1, 0.15) is 17.1 Å². The van der Waals surface area contributed by atoms with Crippen LogP contribution in [0.4, 0.5) is 0 Å². The van der Waals surface area contributed by atoms with Crippen LogP contribution < -0.4 is 9.47 Å². The van der Waals surface area contributed by atoms with Crippen LogP contribution >= 0.6 is 15.9 Å². The van der Waals surface area contributed by atoms with Crippen LogP contribution in [0.25, 0.3) is 11.5 Å². The molecule has 0 saturated heterocycles. The van der Waals surface area contributed by atoms with E-state index in [1.54, 1.807) is 26.4 Å². The van der Waals surface area contributed by atoms with Crippen LogP contribution in [0.2, 0.25) is 0 Å². The van der Waals surface area contributed by atoms with Gasteiger partial charge in [0, 0.05) is 0 Å². The normalized spacial score (nSPS) is 10.2. The van der Waals surface area contributed by atoms with E-state index in [0.29, 0.717) is 27.7 Å². The summed E-state index contributed by atoms with van der Waals surface area (Å²) in [5.74, 6) is 1.59. The molecule has 0 saturated carbocycles. The van der Waals surface area contributed by atoms with Crippen LogP contribution in [0.15, 0.2) is 27.5 Å². The molecular weight excluding hydrogens is 276 g/mol. The molecule has 0 N–H and O–H groups in total. The number of benzene rings is 1. The summed E-state index contributed by atoms with van der Waals surface area (Å²) in [7, 11) is 3.15. The van der Waals surface area contributed by atoms with Gasteiger partial charge in [0.25, 0.3) is 5.89 Å². The lowest BCUT2D eigenvalue weighted by atomic mass is 10.1. The quantitative estimate of drug-likeness (QED) is 0.867. The first-order valence-electron chi connectivity index (χ1n) is 4.47. The molecule has 0 radical (unpaired) electrons. The number of halogens is 1. The topological polar surface area (TPSA) is 57.4 Å². The Bertz CT molecular complexity index is 476. The van der Waals surface area contributed by atoms with E-state index in [9.17, 15) is 0 Å². The Kier molecular flexibility index (Phi) is 3.09. The van der Waals surface area contributed by atoms with Crippen molar-refractivity contribution in [1.29, 1.82) is 0 Å². The molecule has 0 amide bonds. The minimum Gasteiger partial charge on any atom is -0.496 e. The highest BCUT2D eigenvalue weighted by molar-refractivity contribution is 9.10. The molecule has 84 valence electrons. The highest BCUT2D eigenvalue weighted by Crippen LogP contribution is 2.37. The molecule has 16 heavy (non-hydrogen) atoms. The average molecular weight is 285 g/mol. The van der Waals surface area contributed by atoms with E-state index in [1.807, 2.05) is 6.07 Å². The Morgan fingerprint density at radius 2 is 1.81 bits per heavy atom. The molecule has 6 heteroatoms. The molecule has 0 bridgehead atoms. The largest absolute Gasteiger partial charge is 0.496 e. The summed E-state index contributed by atoms with van der Waals surface area (Å²) < 4.78 is 15.9. The summed E-state index contributed by atoms with van der Waals surface area (Å²) in [4.78, 5) is 4.08. The van der Waals surface area contributed by atoms with Crippen LogP contribution in [-0.4, -0.2) is 24.4 Å². The summed E-state index contributed by atoms with van der Waals surface area (Å²) >= 11 is 3.12. The molecule has 1 aromatic carbocycles. The van der Waals surface area contributed by atoms with Crippen LogP contribution in [0.1, 0.15) is 0 Å². The van der Waals surface area contributed by atoms with Crippen molar-refractivity contribution in [2.24, 2.45) is 0 Å². The van der Waals surface area contributed by atoms with E-state index >= 15 is 0 Å². The number of ether oxygens (including phenoxy) is 2. The van der Waals surface area contributed by atoms with Gasteiger partial charge >= 0.3 is 0 Å². The van der Waals surface area contributed by atoms with Crippen LogP contribution in [0.5, 0.6) is 11.5 Å². The number of aromatic nitrogens is 2. The first-order chi connectivity index (χ1) is 7.76. The van der Waals surface area contributed by atoms with Crippen molar-refractivity contribution in [3.8, 4) is 23.0 Å². The molecule has 0 spiro atoms. The number of nitrogens with zero attached hydrogens (tertiary/aromatic N) is 2. The molecule has 2 rings (SSSR count). The van der Waals surface area contributed by atoms with Gasteiger partial charge in [0.05, 0.1) is 14.2 Å². The fraction of sp³-hybridized carbons (Fsp3) is 0.200. The van der Waals surface area contributed by atoms with E-state index in [2.05, 4.69) is 26.1 Å². The number of hydrogen-bond acceptors (Lipinski definition) is 5. The molecule has 1 heterocycles. The predicted molar refractivity (Wildman–Crippen MR) is 60.5 cm³/mol. The van der Waals surface area contributed by atoms with Crippen molar-refractivity contribution in [2.75, 3.05) is 14.2 Å². The molecular formula is C10H9BrN2O3. The third kappa shape index (κ3) is 1.88. The predicted octanol–water partition coefficient (Wildman–Crippen LogP) is 2.52. The van der Waals surface area contributed by atoms with Gasteiger partial charge in [-0.1, -0.05) is 6.07 Å². The van der Waals surface area contributed by atoms with Gasteiger partial charge < -0.3 is 14.0 Å². The Hall–Kier alpha value is -1.56. The highest BCUT2D eigenvalue weighted by Gasteiger charge is 2.18. The molecule has 0 fully saturated rings. The van der Waals surface area contributed by atoms with Crippen LogP contribution in [0.3, 0.4) is 0 Å². The van der Waals surface area contributed by atoms with E-state index in [0.717, 1.165) is 0 Å². The third-order valence-corrected chi connectivity index (χ3v) is 2.37. The van der Waals surface area contributed by atoms with Gasteiger partial charge in [-0.25, -0.2) is 0 Å². The minimum atomic E-state index is 0.348. The summed E-state index contributed by atoms with van der Waals surface area (Å²) in [6, 6.07) is 5.43. The van der Waals surface area contributed by atoms with Crippen molar-refractivity contribution in [1.82, 2.24) is 10.1 Å². The molecule has 0 aliphatic rings. The van der Waals surface area contributed by atoms with Crippen LogP contribution in [-0.2, 0) is 0 Å². The van der Waals surface area contributed by atoms with Gasteiger partial charge in [-0.3, -0.25) is 0 Å². The second kappa shape index (κ2) is 4.52. The zero-order valence-electron chi connectivity index (χ0n) is 8.73. The monoisotopic (exact) mass is 284 g/mol. The summed E-state index contributed by atoms with van der Waals surface area (Å²) in [6.45, 7) is 0. The lowest BCUT2D eigenvalue weighted by Gasteiger charge is -2.08. The number of methoxy groups -OCH3 is 2. The van der Waals surface area contributed by atoms with Crippen molar-refractivity contribution in [3.05, 3.63) is 22.9 Å². The molecule has 2 aromatic rings. The van der Waals surface area contributed by atoms with Gasteiger partial charge in [-0.05, 0) is 33.2 Å². The zero-order valence-corrected chi connectivity index (χ0v) is 10.3. The zero-order chi connectivity index (χ0) is 11.5. The maximum atomic E-state index is 5.23. The summed E-state index contributed by atoms with van der Waals surface area (Å²) in [5.41, 5.74) is 0.644. The van der Waals surface area contributed by atoms with Gasteiger partial charge in [0.2, 0.25) is 4.73 Å². The highest BCUT2D eigenvalue weighted by atomic mass is 79.9. The number of hydrogen-bond donors (Lipinski definition) is 0. The molecule has 5 nitrogen and oxygen atoms in total. The third-order valence-electron chi connectivity index (χ3n) is 2.04. The van der Waals surface area contributed by atoms with Crippen molar-refractivity contribution >= 4 is 15.9 Å². The maximum Gasteiger partial charge on any atom is 0.266 e. The molecule has 1 aromatic heterocycles. The lowest BCUT2D eigenvalue weighted by Crippen LogP contribution is -1.92. The smallest absolute Gasteiger partial charge is 0.266 e. The molecule has 0 atom stereocenters. The molecule has 0 aliphatic heterocycles. The first-order valence-corrected chi connectivity index (χ1v) is 5.26. The Morgan fingerprint density at radius 1 is 1.19 bits per heavy atom. The fourth-order valence-corrected chi connectivity index (χ4v) is 1.60. The first kappa shape index (κ1) is 10.9. The number of rotatable bonds is 3. The van der Waals surface area contributed by atoms with E-state index < -0.39 is 0 Å². The Morgan fingerprint density at radius 3 is 2.25 bits per heavy atom. The average Bonchev–Trinajstić information content (AvgIpc) is 2.74. The van der Waals surface area contributed by atoms with Gasteiger partial charge in [-0.2, -0.15) is 4.98 Å². The Balaban J connectivity index is 2.60. The summed E-state index contributed by atoms with van der Waals surface area (Å²) in [5, 5.41) is 3.66. The van der Waals surface area contributed by atoms with E-state index in [1.165, 1.54) is 0 Å². The van der Waals surface area contributed by atoms with Gasteiger partial charge in [-0.15, -0.1) is 0 Å².